The maximum atomic E-state index is 12.2. The molecule has 7 rings (SSSR count). The van der Waals surface area contributed by atoms with Crippen LogP contribution in [0.3, 0.4) is 0 Å². The van der Waals surface area contributed by atoms with E-state index in [-0.39, 0.29) is 198 Å². The molecule has 0 heterocycles. The van der Waals surface area contributed by atoms with Gasteiger partial charge < -0.3 is 26.9 Å². The molecule has 0 saturated carbocycles. The fraction of sp³-hybridized carbons (Fsp3) is 0.0233. The van der Waals surface area contributed by atoms with E-state index in [1.54, 1.807) is 24.3 Å². The zero-order chi connectivity index (χ0) is 45.6. The van der Waals surface area contributed by atoms with Gasteiger partial charge in [0.2, 0.25) is 0 Å². The molecule has 1 atom stereocenters. The van der Waals surface area contributed by atoms with Gasteiger partial charge in [-0.15, -0.1) is 0 Å². The first-order valence-electron chi connectivity index (χ1n) is 17.9. The summed E-state index contributed by atoms with van der Waals surface area (Å²) >= 11 is -2.97. The quantitative estimate of drug-likeness (QED) is 0.0625. The summed E-state index contributed by atoms with van der Waals surface area (Å²) < 4.78 is 174. The number of hydrogen-bond acceptors (Lipinski definition) is 15. The van der Waals surface area contributed by atoms with Crippen LogP contribution in [0.25, 0.3) is 66.8 Å². The van der Waals surface area contributed by atoms with E-state index in [1.165, 1.54) is 72.8 Å². The third-order valence-corrected chi connectivity index (χ3v) is 13.6. The Labute approximate surface area is 506 Å². The van der Waals surface area contributed by atoms with Gasteiger partial charge in [0.15, 0.2) is 0 Å². The van der Waals surface area contributed by atoms with Gasteiger partial charge in [-0.2, -0.15) is 0 Å². The van der Waals surface area contributed by atoms with E-state index in [0.29, 0.717) is 22.3 Å². The van der Waals surface area contributed by atoms with Gasteiger partial charge in [0, 0.05) is 0 Å². The predicted molar refractivity (Wildman–Crippen MR) is 225 cm³/mol. The zero-order valence-corrected chi connectivity index (χ0v) is 51.1. The van der Waals surface area contributed by atoms with Crippen LogP contribution in [-0.2, 0) is 51.8 Å². The molecule has 0 amide bonds. The third-order valence-electron chi connectivity index (χ3n) is 9.87. The molecule has 0 aliphatic heterocycles. The molecule has 0 aliphatic carbocycles. The van der Waals surface area contributed by atoms with Crippen LogP contribution < -0.4 is 152 Å². The minimum Gasteiger partial charge on any atom is -0.744 e. The number of aryl methyl sites for hydroxylation is 1. The van der Waals surface area contributed by atoms with Crippen molar-refractivity contribution in [3.63, 3.8) is 0 Å². The summed E-state index contributed by atoms with van der Waals surface area (Å²) in [5.41, 5.74) is 4.21. The summed E-state index contributed by atoms with van der Waals surface area (Å²) in [7, 11) is -19.9. The molecule has 7 aromatic carbocycles. The molecule has 7 aromatic rings. The zero-order valence-electron chi connectivity index (χ0n) is 37.0. The Morgan fingerprint density at radius 3 is 0.691 bits per heavy atom. The second-order valence-corrected chi connectivity index (χ2v) is 19.9. The van der Waals surface area contributed by atoms with E-state index in [9.17, 15) is 60.6 Å². The molecule has 0 bridgehead atoms. The number of hydrogen-bond donors (Lipinski definition) is 0. The molecule has 0 N–H and O–H groups in total. The first kappa shape index (κ1) is 63.2. The van der Waals surface area contributed by atoms with E-state index >= 15 is 0 Å². The van der Waals surface area contributed by atoms with Crippen molar-refractivity contribution in [3.8, 4) is 72.5 Å². The number of rotatable bonds is 12. The summed E-state index contributed by atoms with van der Waals surface area (Å²) in [6.07, 6.45) is 0. The molecule has 324 valence electrons. The van der Waals surface area contributed by atoms with E-state index < -0.39 is 71.4 Å². The third kappa shape index (κ3) is 14.7. The Kier molecular flexibility index (Phi) is 23.6. The maximum Gasteiger partial charge on any atom is 1.00 e. The molecular formula is C43H27Na5O15S5. The smallest absolute Gasteiger partial charge is 0.744 e. The summed E-state index contributed by atoms with van der Waals surface area (Å²) in [6, 6.07) is 31.9. The van der Waals surface area contributed by atoms with Crippen LogP contribution in [0.5, 0.6) is 5.75 Å². The van der Waals surface area contributed by atoms with Crippen molar-refractivity contribution in [1.29, 1.82) is 0 Å². The average molecular weight is 1060 g/mol. The average Bonchev–Trinajstić information content (AvgIpc) is 3.22. The van der Waals surface area contributed by atoms with E-state index in [1.807, 2.05) is 6.92 Å². The Bertz CT molecular complexity index is 3400. The van der Waals surface area contributed by atoms with Gasteiger partial charge in [-0.25, -0.2) is 37.9 Å². The molecule has 0 aliphatic rings. The molecule has 15 nitrogen and oxygen atoms in total. The predicted octanol–water partition coefficient (Wildman–Crippen LogP) is -8.19. The molecule has 0 saturated heterocycles. The van der Waals surface area contributed by atoms with E-state index in [4.69, 9.17) is 4.18 Å². The molecule has 0 aromatic heterocycles. The minimum absolute atomic E-state index is 0. The fourth-order valence-electron chi connectivity index (χ4n) is 7.11. The van der Waals surface area contributed by atoms with Crippen LogP contribution in [0.4, 0.5) is 0 Å². The van der Waals surface area contributed by atoms with E-state index in [2.05, 4.69) is 0 Å². The largest absolute Gasteiger partial charge is 1.00 e. The first-order chi connectivity index (χ1) is 29.5. The standard InChI is InChI=1S/C43H32O15S5.5Na/c1-26-2-4-27(5-3-26)38-39(28-6-16-33(17-7-28)58-59(44)45)41(30-10-20-35(21-11-30)61(49,50)51)43(32-14-24-37(25-15-32)63(55,56)57)42(31-12-22-36(23-13-31)62(52,53)54)40(38)29-8-18-34(19-9-29)60(46,47)48;;;;;/h2-25H,1H3,(H,44,45)(H,46,47,48)(H,49,50,51)(H,52,53,54)(H,55,56,57);;;;;/q;5*+1/p-5. The fourth-order valence-corrected chi connectivity index (χ4v) is 9.26. The van der Waals surface area contributed by atoms with Gasteiger partial charge in [0.25, 0.3) is 0 Å². The topological polar surface area (TPSA) is 278 Å². The summed E-state index contributed by atoms with van der Waals surface area (Å²) in [5, 5.41) is 0. The van der Waals surface area contributed by atoms with Crippen LogP contribution in [0.15, 0.2) is 165 Å². The van der Waals surface area contributed by atoms with Gasteiger partial charge >= 0.3 is 148 Å². The van der Waals surface area contributed by atoms with Crippen molar-refractivity contribution >= 4 is 51.8 Å². The Hall–Kier alpha value is -0.910. The van der Waals surface area contributed by atoms with Crippen LogP contribution in [-0.4, -0.2) is 60.6 Å². The second kappa shape index (κ2) is 25.4. The van der Waals surface area contributed by atoms with Crippen molar-refractivity contribution in [2.45, 2.75) is 26.5 Å². The molecule has 1 unspecified atom stereocenters. The maximum absolute atomic E-state index is 12.2. The van der Waals surface area contributed by atoms with Crippen molar-refractivity contribution in [2.75, 3.05) is 0 Å². The first-order valence-corrected chi connectivity index (χ1v) is 24.6. The van der Waals surface area contributed by atoms with Crippen molar-refractivity contribution in [1.82, 2.24) is 0 Å². The SMILES string of the molecule is Cc1ccc(-c2c(-c3ccc(OS(=O)[O-])cc3)c(-c3ccc(S(=O)(=O)[O-])cc3)c(-c3ccc(S(=O)(=O)[O-])cc3)c(-c3ccc(S(=O)(=O)[O-])cc3)c2-c2ccc(S(=O)(=O)[O-])cc2)cc1.[Na+].[Na+].[Na+].[Na+].[Na+]. The van der Waals surface area contributed by atoms with Gasteiger partial charge in [0.05, 0.1) is 19.6 Å². The van der Waals surface area contributed by atoms with Crippen molar-refractivity contribution in [2.24, 2.45) is 0 Å². The Morgan fingerprint density at radius 2 is 0.515 bits per heavy atom. The van der Waals surface area contributed by atoms with Gasteiger partial charge in [-0.1, -0.05) is 90.5 Å². The van der Waals surface area contributed by atoms with Gasteiger partial charge in [0.1, 0.15) is 57.6 Å². The Morgan fingerprint density at radius 1 is 0.338 bits per heavy atom. The van der Waals surface area contributed by atoms with E-state index in [0.717, 1.165) is 54.1 Å². The molecule has 0 spiro atoms. The molecular weight excluding hydrogens is 1030 g/mol. The monoisotopic (exact) mass is 1060 g/mol. The van der Waals surface area contributed by atoms with Crippen molar-refractivity contribution < 1.29 is 213 Å². The summed E-state index contributed by atoms with van der Waals surface area (Å²) in [5.74, 6) is -0.0928. The summed E-state index contributed by atoms with van der Waals surface area (Å²) in [6.45, 7) is 1.83. The van der Waals surface area contributed by atoms with Crippen LogP contribution in [0.1, 0.15) is 5.56 Å². The molecule has 0 radical (unpaired) electrons. The Balaban J connectivity index is 0.00000317. The molecule has 0 fully saturated rings. The minimum atomic E-state index is -4.99. The normalized spacial score (nSPS) is 11.9. The molecule has 25 heteroatoms. The van der Waals surface area contributed by atoms with Gasteiger partial charge in [-0.3, -0.25) is 0 Å². The van der Waals surface area contributed by atoms with Gasteiger partial charge in [-0.05, 0) is 134 Å². The van der Waals surface area contributed by atoms with Crippen LogP contribution >= 0.6 is 0 Å². The van der Waals surface area contributed by atoms with Crippen molar-refractivity contribution in [3.05, 3.63) is 151 Å². The summed E-state index contributed by atoms with van der Waals surface area (Å²) in [4.78, 5) is -2.39. The molecule has 68 heavy (non-hydrogen) atoms. The number of benzene rings is 7. The van der Waals surface area contributed by atoms with Crippen LogP contribution in [0.2, 0.25) is 0 Å². The second-order valence-electron chi connectivity index (χ2n) is 13.8. The van der Waals surface area contributed by atoms with Crippen LogP contribution in [0, 0.1) is 6.92 Å².